The second kappa shape index (κ2) is 11.5. The molecule has 37 heavy (non-hydrogen) atoms. The van der Waals surface area contributed by atoms with Crippen molar-refractivity contribution in [3.8, 4) is 0 Å². The maximum absolute atomic E-state index is 13.6. The summed E-state index contributed by atoms with van der Waals surface area (Å²) in [6.07, 6.45) is 4.63. The summed E-state index contributed by atoms with van der Waals surface area (Å²) in [5, 5.41) is 18.1. The Morgan fingerprint density at radius 2 is 2.00 bits per heavy atom. The lowest BCUT2D eigenvalue weighted by Crippen LogP contribution is -2.48. The van der Waals surface area contributed by atoms with Gasteiger partial charge in [0.1, 0.15) is 0 Å². The smallest absolute Gasteiger partial charge is 0.251 e. The molecule has 2 atom stereocenters. The Balaban J connectivity index is 1.67. The van der Waals surface area contributed by atoms with Crippen LogP contribution in [0.3, 0.4) is 0 Å². The molecule has 2 aromatic carbocycles. The van der Waals surface area contributed by atoms with Crippen molar-refractivity contribution in [2.24, 2.45) is 0 Å². The summed E-state index contributed by atoms with van der Waals surface area (Å²) < 4.78 is 29.0. The fraction of sp³-hybridized carbons (Fsp3) is 0.393. The lowest BCUT2D eigenvalue weighted by molar-refractivity contribution is 0.0831. The fourth-order valence-electron chi connectivity index (χ4n) is 4.85. The van der Waals surface area contributed by atoms with E-state index >= 15 is 0 Å². The summed E-state index contributed by atoms with van der Waals surface area (Å²) in [6, 6.07) is 12.6. The zero-order valence-electron chi connectivity index (χ0n) is 21.5. The minimum Gasteiger partial charge on any atom is -0.390 e. The van der Waals surface area contributed by atoms with E-state index in [1.54, 1.807) is 13.1 Å². The van der Waals surface area contributed by atoms with Crippen LogP contribution in [0.4, 0.5) is 5.69 Å². The minimum absolute atomic E-state index is 0.0206. The van der Waals surface area contributed by atoms with E-state index in [9.17, 15) is 18.3 Å². The second-order valence-corrected chi connectivity index (χ2v) is 11.6. The lowest BCUT2D eigenvalue weighted by Gasteiger charge is -2.25. The predicted octanol–water partition coefficient (Wildman–Crippen LogP) is 2.85. The molecule has 198 valence electrons. The third-order valence-corrected chi connectivity index (χ3v) is 8.74. The topological polar surface area (TPSA) is 104 Å². The molecule has 0 saturated heterocycles. The summed E-state index contributed by atoms with van der Waals surface area (Å²) >= 11 is 0. The van der Waals surface area contributed by atoms with E-state index in [-0.39, 0.29) is 11.7 Å². The first kappa shape index (κ1) is 26.9. The van der Waals surface area contributed by atoms with E-state index in [4.69, 9.17) is 0 Å². The number of rotatable bonds is 11. The SMILES string of the molecule is C=CCCNCC(O)[C@H](Cc1ccccc1)NC(=O)c1cc2c3c(cn(CC)c3c1)CCS(=O)(=O)N2C. The van der Waals surface area contributed by atoms with Crippen LogP contribution in [-0.4, -0.2) is 62.0 Å². The van der Waals surface area contributed by atoms with Crippen LogP contribution in [-0.2, 0) is 29.4 Å². The lowest BCUT2D eigenvalue weighted by atomic mass is 10.00. The highest BCUT2D eigenvalue weighted by Gasteiger charge is 2.29. The van der Waals surface area contributed by atoms with Crippen molar-refractivity contribution in [2.45, 2.75) is 44.9 Å². The number of carbonyl (C=O) groups excluding carboxylic acids is 1. The number of hydrogen-bond donors (Lipinski definition) is 3. The number of nitrogens with zero attached hydrogens (tertiary/aromatic N) is 2. The van der Waals surface area contributed by atoms with E-state index in [1.807, 2.05) is 55.6 Å². The van der Waals surface area contributed by atoms with Crippen molar-refractivity contribution in [3.63, 3.8) is 0 Å². The van der Waals surface area contributed by atoms with Crippen LogP contribution in [0.5, 0.6) is 0 Å². The fourth-order valence-corrected chi connectivity index (χ4v) is 6.04. The predicted molar refractivity (Wildman–Crippen MR) is 149 cm³/mol. The summed E-state index contributed by atoms with van der Waals surface area (Å²) in [6.45, 7) is 7.43. The van der Waals surface area contributed by atoms with Crippen molar-refractivity contribution in [3.05, 3.63) is 78.0 Å². The van der Waals surface area contributed by atoms with Gasteiger partial charge in [-0.05, 0) is 56.0 Å². The van der Waals surface area contributed by atoms with Crippen LogP contribution in [0.1, 0.15) is 34.8 Å². The van der Waals surface area contributed by atoms with Gasteiger partial charge < -0.3 is 20.3 Å². The number of aliphatic hydroxyl groups excluding tert-OH is 1. The van der Waals surface area contributed by atoms with E-state index in [0.29, 0.717) is 43.7 Å². The van der Waals surface area contributed by atoms with Crippen LogP contribution in [0, 0.1) is 0 Å². The molecule has 2 heterocycles. The Hall–Kier alpha value is -3.14. The van der Waals surface area contributed by atoms with Gasteiger partial charge in [-0.2, -0.15) is 0 Å². The van der Waals surface area contributed by atoms with Crippen molar-refractivity contribution >= 4 is 32.5 Å². The number of anilines is 1. The van der Waals surface area contributed by atoms with Gasteiger partial charge >= 0.3 is 0 Å². The third kappa shape index (κ3) is 5.89. The molecule has 0 bridgehead atoms. The van der Waals surface area contributed by atoms with Crippen molar-refractivity contribution < 1.29 is 18.3 Å². The first-order chi connectivity index (χ1) is 17.7. The number of nitrogens with one attached hydrogen (secondary N) is 2. The van der Waals surface area contributed by atoms with Gasteiger partial charge in [0.05, 0.1) is 29.1 Å². The number of hydrogen-bond acceptors (Lipinski definition) is 5. The molecule has 9 heteroatoms. The molecule has 1 aliphatic heterocycles. The molecule has 3 N–H and O–H groups in total. The second-order valence-electron chi connectivity index (χ2n) is 9.48. The zero-order valence-corrected chi connectivity index (χ0v) is 22.3. The van der Waals surface area contributed by atoms with E-state index in [1.165, 1.54) is 4.31 Å². The monoisotopic (exact) mass is 524 g/mol. The van der Waals surface area contributed by atoms with E-state index in [2.05, 4.69) is 21.8 Å². The molecule has 0 radical (unpaired) electrons. The summed E-state index contributed by atoms with van der Waals surface area (Å²) in [7, 11) is -1.96. The normalized spacial score (nSPS) is 16.2. The van der Waals surface area contributed by atoms with Crippen molar-refractivity contribution in [1.29, 1.82) is 0 Å². The molecule has 0 fully saturated rings. The van der Waals surface area contributed by atoms with Gasteiger partial charge in [-0.25, -0.2) is 8.42 Å². The first-order valence-corrected chi connectivity index (χ1v) is 14.3. The largest absolute Gasteiger partial charge is 0.390 e. The average Bonchev–Trinajstić information content (AvgIpc) is 3.22. The highest BCUT2D eigenvalue weighted by Crippen LogP contribution is 2.36. The molecule has 0 saturated carbocycles. The number of benzene rings is 2. The Bertz CT molecular complexity index is 1370. The maximum atomic E-state index is 13.6. The summed E-state index contributed by atoms with van der Waals surface area (Å²) in [5.74, 6) is -0.336. The van der Waals surface area contributed by atoms with Crippen LogP contribution >= 0.6 is 0 Å². The maximum Gasteiger partial charge on any atom is 0.251 e. The van der Waals surface area contributed by atoms with Crippen LogP contribution in [0.2, 0.25) is 0 Å². The number of carbonyl (C=O) groups is 1. The van der Waals surface area contributed by atoms with Gasteiger partial charge in [-0.3, -0.25) is 9.10 Å². The molecule has 8 nitrogen and oxygen atoms in total. The third-order valence-electron chi connectivity index (χ3n) is 6.99. The van der Waals surface area contributed by atoms with E-state index in [0.717, 1.165) is 28.5 Å². The Morgan fingerprint density at radius 1 is 1.24 bits per heavy atom. The van der Waals surface area contributed by atoms with Gasteiger partial charge in [0.15, 0.2) is 0 Å². The Kier molecular flexibility index (Phi) is 8.36. The van der Waals surface area contributed by atoms with Gasteiger partial charge in [0.25, 0.3) is 5.91 Å². The van der Waals surface area contributed by atoms with Gasteiger partial charge in [-0.1, -0.05) is 36.4 Å². The molecular formula is C28H36N4O4S. The first-order valence-electron chi connectivity index (χ1n) is 12.7. The standard InChI is InChI=1S/C28H36N4O4S/c1-4-6-13-29-18-26(33)23(15-20-10-8-7-9-11-20)30-28(34)22-16-24-27-21(12-14-37(35,36)31(24)3)19-32(5-2)25(27)17-22/h4,7-11,16-17,19,23,26,29,33H,1,5-6,12-15,18H2,2-3H3,(H,30,34)/t23-,26?/m0/s1. The zero-order chi connectivity index (χ0) is 26.6. The van der Waals surface area contributed by atoms with Gasteiger partial charge in [-0.15, -0.1) is 6.58 Å². The molecule has 1 unspecified atom stereocenters. The Morgan fingerprint density at radius 3 is 2.70 bits per heavy atom. The van der Waals surface area contributed by atoms with Gasteiger partial charge in [0.2, 0.25) is 10.0 Å². The molecule has 3 aromatic rings. The van der Waals surface area contributed by atoms with E-state index < -0.39 is 22.2 Å². The van der Waals surface area contributed by atoms with Crippen molar-refractivity contribution in [1.82, 2.24) is 15.2 Å². The molecule has 4 rings (SSSR count). The quantitative estimate of drug-likeness (QED) is 0.264. The molecule has 1 aliphatic rings. The molecule has 1 aromatic heterocycles. The highest BCUT2D eigenvalue weighted by molar-refractivity contribution is 7.92. The number of aliphatic hydroxyl groups is 1. The van der Waals surface area contributed by atoms with Crippen LogP contribution < -0.4 is 14.9 Å². The summed E-state index contributed by atoms with van der Waals surface area (Å²) in [4.78, 5) is 13.6. The highest BCUT2D eigenvalue weighted by atomic mass is 32.2. The summed E-state index contributed by atoms with van der Waals surface area (Å²) in [5.41, 5.74) is 3.66. The minimum atomic E-state index is -3.50. The Labute approximate surface area is 219 Å². The number of amides is 1. The molecule has 0 spiro atoms. The van der Waals surface area contributed by atoms with Gasteiger partial charge in [0, 0.05) is 37.3 Å². The van der Waals surface area contributed by atoms with Crippen LogP contribution in [0.25, 0.3) is 10.9 Å². The van der Waals surface area contributed by atoms with Crippen molar-refractivity contribution in [2.75, 3.05) is 30.2 Å². The molecule has 1 amide bonds. The number of sulfonamides is 1. The average molecular weight is 525 g/mol. The number of aromatic nitrogens is 1. The van der Waals surface area contributed by atoms with Crippen LogP contribution in [0.15, 0.2) is 61.3 Å². The molecular weight excluding hydrogens is 488 g/mol. The molecule has 0 aliphatic carbocycles. The number of aryl methyl sites for hydroxylation is 2.